The van der Waals surface area contributed by atoms with Crippen LogP contribution in [-0.2, 0) is 82.1 Å². The predicted octanol–water partition coefficient (Wildman–Crippen LogP) is 7.20. The average molecular weight is 1660 g/mol. The van der Waals surface area contributed by atoms with Gasteiger partial charge in [0.1, 0.15) is 48.9 Å². The number of nitrogens with one attached hydrogen (secondary N) is 5. The first-order valence-electron chi connectivity index (χ1n) is 40.6. The van der Waals surface area contributed by atoms with E-state index >= 15 is 0 Å². The van der Waals surface area contributed by atoms with E-state index in [-0.39, 0.29) is 110 Å². The van der Waals surface area contributed by atoms with Gasteiger partial charge in [0.15, 0.2) is 16.9 Å². The fourth-order valence-electron chi connectivity index (χ4n) is 19.1. The zero-order valence-corrected chi connectivity index (χ0v) is 68.1. The van der Waals surface area contributed by atoms with Crippen LogP contribution in [0.4, 0.5) is 26.2 Å². The average Bonchev–Trinajstić information content (AvgIpc) is 1.12. The molecule has 1 saturated heterocycles. The van der Waals surface area contributed by atoms with E-state index in [1.165, 1.54) is 28.2 Å². The predicted molar refractivity (Wildman–Crippen MR) is 435 cm³/mol. The van der Waals surface area contributed by atoms with Crippen molar-refractivity contribution in [3.05, 3.63) is 143 Å². The summed E-state index contributed by atoms with van der Waals surface area (Å²) in [5.74, 6) is -5.20. The lowest BCUT2D eigenvalue weighted by molar-refractivity contribution is -0.248. The maximum Gasteiger partial charge on any atom is 0.410 e. The highest BCUT2D eigenvalue weighted by atomic mass is 32.1. The maximum atomic E-state index is 14.6. The number of hydrogen-bond donors (Lipinski definition) is 11. The molecule has 2 unspecified atom stereocenters. The van der Waals surface area contributed by atoms with Gasteiger partial charge in [0.25, 0.3) is 17.7 Å². The summed E-state index contributed by atoms with van der Waals surface area (Å²) in [4.78, 5) is 144. The quantitative estimate of drug-likeness (QED) is 0.0135. The molecular weight excluding hydrogens is 1550 g/mol. The molecule has 4 bridgehead atoms. The first-order chi connectivity index (χ1) is 56.8. The second-order valence-electron chi connectivity index (χ2n) is 33.7. The van der Waals surface area contributed by atoms with Crippen LogP contribution in [-0.4, -0.2) is 217 Å². The van der Waals surface area contributed by atoms with Gasteiger partial charge in [-0.3, -0.25) is 43.7 Å². The number of carbonyl (C=O) groups excluding carboxylic acids is 8. The molecule has 7 aliphatic rings. The number of rotatable bonds is 37. The molecule has 3 aromatic carbocycles. The Kier molecular flexibility index (Phi) is 26.4. The molecule has 9 atom stereocenters. The number of hydrogen-bond acceptors (Lipinski definition) is 23. The number of nitrogens with two attached hydrogens (primary N) is 1. The number of benzene rings is 3. The lowest BCUT2D eigenvalue weighted by atomic mass is 9.39. The van der Waals surface area contributed by atoms with Gasteiger partial charge in [0.05, 0.1) is 40.9 Å². The van der Waals surface area contributed by atoms with Crippen molar-refractivity contribution in [1.29, 1.82) is 0 Å². The monoisotopic (exact) mass is 1660 g/mol. The van der Waals surface area contributed by atoms with Crippen LogP contribution < -0.4 is 37.2 Å². The van der Waals surface area contributed by atoms with Gasteiger partial charge < -0.3 is 76.5 Å². The summed E-state index contributed by atoms with van der Waals surface area (Å²) < 4.78 is 23.0. The number of anilines is 3. The molecular formula is C84H104N16O18S. The van der Waals surface area contributed by atoms with Crippen LogP contribution in [0.3, 0.4) is 0 Å². The first-order valence-corrected chi connectivity index (χ1v) is 41.4. The number of aliphatic hydroxyl groups is 3. The zero-order valence-electron chi connectivity index (χ0n) is 67.3. The topological polar surface area (TPSA) is 470 Å². The highest BCUT2D eigenvalue weighted by Crippen LogP contribution is 2.72. The summed E-state index contributed by atoms with van der Waals surface area (Å²) in [5.41, 5.74) is 10.5. The molecule has 4 aliphatic carbocycles. The van der Waals surface area contributed by atoms with E-state index in [4.69, 9.17) is 30.0 Å². The van der Waals surface area contributed by atoms with Crippen LogP contribution in [0, 0.1) is 29.1 Å². The fraction of sp³-hybridized carbons (Fsp3) is 0.512. The van der Waals surface area contributed by atoms with E-state index in [2.05, 4.69) is 55.7 Å². The van der Waals surface area contributed by atoms with Crippen molar-refractivity contribution < 1.29 is 87.7 Å². The number of fused-ring (bicyclic) bond motifs is 2. The number of carbonyl (C=O) groups is 10. The third-order valence-corrected chi connectivity index (χ3v) is 24.6. The summed E-state index contributed by atoms with van der Waals surface area (Å²) in [6.07, 6.45) is 5.65. The smallest absolute Gasteiger partial charge is 0.410 e. The minimum absolute atomic E-state index is 0.0810. The number of nitrogens with zero attached hydrogens (tertiary/aromatic N) is 10. The lowest BCUT2D eigenvalue weighted by Crippen LogP contribution is -2.64. The molecule has 35 heteroatoms. The number of imide groups is 1. The van der Waals surface area contributed by atoms with E-state index in [0.717, 1.165) is 64.0 Å². The summed E-state index contributed by atoms with van der Waals surface area (Å²) in [6.45, 7) is 12.1. The van der Waals surface area contributed by atoms with Crippen LogP contribution in [0.1, 0.15) is 167 Å². The van der Waals surface area contributed by atoms with Gasteiger partial charge in [-0.2, -0.15) is 5.10 Å². The summed E-state index contributed by atoms with van der Waals surface area (Å²) in [7, 11) is 0. The highest BCUT2D eigenvalue weighted by Gasteiger charge is 2.66. The fourth-order valence-corrected chi connectivity index (χ4v) is 20.0. The number of aryl methyl sites for hydroxylation is 1. The number of aromatic carboxylic acids is 1. The third-order valence-electron chi connectivity index (χ3n) is 23.7. The second kappa shape index (κ2) is 36.6. The number of carboxylic acids is 2. The molecule has 7 heterocycles. The van der Waals surface area contributed by atoms with Crippen LogP contribution in [0.5, 0.6) is 0 Å². The van der Waals surface area contributed by atoms with Gasteiger partial charge in [0, 0.05) is 98.7 Å². The lowest BCUT2D eigenvalue weighted by Gasteiger charge is -2.69. The Bertz CT molecular complexity index is 4920. The summed E-state index contributed by atoms with van der Waals surface area (Å²) >= 11 is 1.40. The molecule has 7 aromatic rings. The van der Waals surface area contributed by atoms with Gasteiger partial charge in [-0.05, 0) is 178 Å². The number of urea groups is 1. The number of ether oxygens (including phenoxy) is 3. The summed E-state index contributed by atoms with van der Waals surface area (Å²) in [6, 6.07) is 20.8. The Balaban J connectivity index is 0.660. The van der Waals surface area contributed by atoms with E-state index in [9.17, 15) is 73.5 Å². The second-order valence-corrected chi connectivity index (χ2v) is 34.7. The molecule has 14 rings (SSSR count). The van der Waals surface area contributed by atoms with Crippen molar-refractivity contribution >= 4 is 97.7 Å². The van der Waals surface area contributed by atoms with E-state index in [1.54, 1.807) is 67.5 Å². The number of primary amides is 1. The molecule has 9 amide bonds. The van der Waals surface area contributed by atoms with Crippen molar-refractivity contribution in [3.63, 3.8) is 0 Å². The van der Waals surface area contributed by atoms with Gasteiger partial charge in [-0.25, -0.2) is 33.8 Å². The Morgan fingerprint density at radius 2 is 1.54 bits per heavy atom. The standard InChI is InChI=1S/C84H104N16O18S/c1-49(2)67(92-64(101)21-7-6-12-33-99-65(102)28-29-66(99)103)75(109)89-60(19-10-11-31-86-78(85)114)74(108)88-53-24-22-51(23-25-53)41-116-80(115)96(32-14-16-54-38-98(95-94-54)40-61-69(104)70(105)71(106)72(118-61)77(112)113)35-36-117-84-45-81(4)42-82(5,46-84)44-83(43-81,47-84)48-100-50(3)57(37-87-100)55-26-27-63(91-68(55)76(110)111)97-34-30-52-15-13-17-56(58(52)39-97)73(107)93-79-90-59-18-8-9-20-62(59)119-79/h8-9,13,15,17-18,20,22-29,37-38,49,60-61,67,69-72,104-106H,6-7,10-12,14,16,19,21,30-36,39-48H2,1-5H3,(H,88,108)(H,89,109)(H,92,101)(H,110,111)(H,112,113)(H3,85,86,114)(H,90,93,107)/t60-,61-,67-,69-,70+,71-,72-,81?,82?,83?,84?/m0/s1. The van der Waals surface area contributed by atoms with Gasteiger partial charge in [-0.1, -0.05) is 87.1 Å². The number of para-hydroxylation sites is 1. The van der Waals surface area contributed by atoms with Crippen LogP contribution >= 0.6 is 11.3 Å². The molecule has 12 N–H and O–H groups in total. The molecule has 119 heavy (non-hydrogen) atoms. The number of carboxylic acid groups (broad SMARTS) is 2. The van der Waals surface area contributed by atoms with Gasteiger partial charge >= 0.3 is 24.1 Å². The number of thiazole rings is 1. The Hall–Kier alpha value is -11.1. The molecule has 4 saturated carbocycles. The number of pyridine rings is 1. The van der Waals surface area contributed by atoms with Gasteiger partial charge in [0.2, 0.25) is 17.7 Å². The molecule has 0 spiro atoms. The van der Waals surface area contributed by atoms with Crippen LogP contribution in [0.15, 0.2) is 103 Å². The molecule has 3 aliphatic heterocycles. The number of aliphatic hydroxyl groups excluding tert-OH is 3. The van der Waals surface area contributed by atoms with Crippen LogP contribution in [0.25, 0.3) is 21.3 Å². The molecule has 4 aromatic heterocycles. The number of aromatic nitrogens is 7. The normalized spacial score (nSPS) is 23.5. The van der Waals surface area contributed by atoms with Crippen molar-refractivity contribution in [3.8, 4) is 11.1 Å². The van der Waals surface area contributed by atoms with Crippen molar-refractivity contribution in [2.24, 2.45) is 27.9 Å². The SMILES string of the molecule is Cc1c(-c2ccc(N3CCc4cccc(C(=O)Nc5nc6ccccc6s5)c4C3)nc2C(=O)O)cnn1CC12CC3(C)CC(C)(C1)CC(OCCN(CCCc1cn(C[C@@H]4O[C@H](C(=O)O)[C@@H](O)[C@H](O)[C@H]4O)nn1)C(=O)OCc1ccc(NC(=O)[C@H](CCCCNC(N)=O)NC(=O)[C@@H](NC(=O)CCCCCN4C(=O)C=CC4=O)C(C)C)cc1)(C3)C2. The Morgan fingerprint density at radius 3 is 2.26 bits per heavy atom. The molecule has 0 radical (unpaired) electrons. The minimum atomic E-state index is -1.86. The van der Waals surface area contributed by atoms with E-state index < -0.39 is 84.1 Å². The zero-order chi connectivity index (χ0) is 84.7. The van der Waals surface area contributed by atoms with Gasteiger partial charge in [-0.15, -0.1) is 5.10 Å². The number of amides is 9. The minimum Gasteiger partial charge on any atom is -0.479 e. The molecule has 34 nitrogen and oxygen atoms in total. The van der Waals surface area contributed by atoms with E-state index in [1.807, 2.05) is 59.0 Å². The first kappa shape index (κ1) is 85.8. The maximum absolute atomic E-state index is 14.6. The Morgan fingerprint density at radius 1 is 0.782 bits per heavy atom. The largest absolute Gasteiger partial charge is 0.479 e. The molecule has 5 fully saturated rings. The van der Waals surface area contributed by atoms with Crippen LogP contribution in [0.2, 0.25) is 0 Å². The van der Waals surface area contributed by atoms with Crippen molar-refractivity contribution in [1.82, 2.24) is 60.5 Å². The van der Waals surface area contributed by atoms with E-state index in [0.29, 0.717) is 122 Å². The Labute approximate surface area is 691 Å². The molecule has 634 valence electrons. The number of aliphatic carboxylic acids is 1. The number of unbranched alkanes of at least 4 members (excludes halogenated alkanes) is 3. The summed E-state index contributed by atoms with van der Waals surface area (Å²) in [5, 5.41) is 79.9. The highest BCUT2D eigenvalue weighted by molar-refractivity contribution is 7.22. The third kappa shape index (κ3) is 20.4. The van der Waals surface area contributed by atoms with Crippen molar-refractivity contribution in [2.45, 2.75) is 212 Å². The van der Waals surface area contributed by atoms with Crippen molar-refractivity contribution in [2.75, 3.05) is 54.9 Å².